The second-order valence-electron chi connectivity index (χ2n) is 5.34. The second-order valence-corrected chi connectivity index (χ2v) is 6.25. The van der Waals surface area contributed by atoms with Crippen molar-refractivity contribution >= 4 is 22.9 Å². The molecule has 4 aromatic heterocycles. The van der Waals surface area contributed by atoms with Crippen LogP contribution in [-0.4, -0.2) is 49.0 Å². The number of H-pyrrole nitrogens is 1. The molecule has 0 aliphatic heterocycles. The lowest BCUT2D eigenvalue weighted by Gasteiger charge is -2.00. The number of aliphatic hydroxyl groups excluding tert-OH is 1. The Morgan fingerprint density at radius 2 is 2.20 bits per heavy atom. The Balaban J connectivity index is 1.66. The van der Waals surface area contributed by atoms with Crippen molar-refractivity contribution in [3.05, 3.63) is 47.3 Å². The van der Waals surface area contributed by atoms with E-state index in [2.05, 4.69) is 25.6 Å². The molecule has 0 saturated heterocycles. The molecule has 0 aliphatic carbocycles. The van der Waals surface area contributed by atoms with Crippen LogP contribution in [0.5, 0.6) is 0 Å². The molecule has 1 amide bonds. The molecule has 4 heterocycles. The topological polar surface area (TPSA) is 108 Å². The van der Waals surface area contributed by atoms with Crippen LogP contribution in [0.4, 0.5) is 0 Å². The van der Waals surface area contributed by atoms with Crippen LogP contribution >= 0.6 is 11.3 Å². The molecular weight excluding hydrogens is 340 g/mol. The number of fused-ring (bicyclic) bond motifs is 1. The van der Waals surface area contributed by atoms with Gasteiger partial charge in [-0.15, -0.1) is 11.3 Å². The van der Waals surface area contributed by atoms with Gasteiger partial charge in [-0.1, -0.05) is 0 Å². The Bertz CT molecular complexity index is 1020. The van der Waals surface area contributed by atoms with Crippen molar-refractivity contribution in [1.29, 1.82) is 0 Å². The number of aromatic nitrogens is 5. The van der Waals surface area contributed by atoms with Gasteiger partial charge in [0.15, 0.2) is 5.65 Å². The van der Waals surface area contributed by atoms with Crippen molar-refractivity contribution in [2.24, 2.45) is 0 Å². The number of rotatable bonds is 5. The molecule has 0 aromatic carbocycles. The van der Waals surface area contributed by atoms with Crippen LogP contribution < -0.4 is 5.32 Å². The van der Waals surface area contributed by atoms with E-state index in [0.717, 1.165) is 22.3 Å². The number of thiophene rings is 1. The first-order chi connectivity index (χ1) is 12.3. The molecule has 0 atom stereocenters. The minimum absolute atomic E-state index is 0.0824. The van der Waals surface area contributed by atoms with E-state index >= 15 is 0 Å². The third-order valence-electron chi connectivity index (χ3n) is 3.72. The molecule has 3 N–H and O–H groups in total. The Morgan fingerprint density at radius 3 is 3.00 bits per heavy atom. The monoisotopic (exact) mass is 354 g/mol. The number of hydrogen-bond acceptors (Lipinski definition) is 6. The van der Waals surface area contributed by atoms with Gasteiger partial charge in [0.05, 0.1) is 23.9 Å². The van der Waals surface area contributed by atoms with Crippen molar-refractivity contribution in [2.45, 2.75) is 0 Å². The summed E-state index contributed by atoms with van der Waals surface area (Å²) in [6, 6.07) is 1.81. The number of nitrogens with one attached hydrogen (secondary N) is 2. The highest BCUT2D eigenvalue weighted by molar-refractivity contribution is 7.12. The van der Waals surface area contributed by atoms with Crippen LogP contribution in [0, 0.1) is 0 Å². The molecule has 0 unspecified atom stereocenters. The molecule has 4 rings (SSSR count). The van der Waals surface area contributed by atoms with Crippen LogP contribution in [-0.2, 0) is 0 Å². The van der Waals surface area contributed by atoms with E-state index in [1.807, 2.05) is 11.6 Å². The highest BCUT2D eigenvalue weighted by atomic mass is 32.1. The number of amides is 1. The van der Waals surface area contributed by atoms with Crippen LogP contribution in [0.2, 0.25) is 0 Å². The number of hydrogen-bond donors (Lipinski definition) is 3. The third kappa shape index (κ3) is 2.90. The minimum atomic E-state index is -0.197. The quantitative estimate of drug-likeness (QED) is 0.504. The molecule has 9 heteroatoms. The average Bonchev–Trinajstić information content (AvgIpc) is 3.38. The molecular formula is C16H14N6O2S. The number of nitrogens with zero attached hydrogens (tertiary/aromatic N) is 4. The van der Waals surface area contributed by atoms with Gasteiger partial charge < -0.3 is 10.4 Å². The van der Waals surface area contributed by atoms with Gasteiger partial charge in [-0.25, -0.2) is 9.50 Å². The fraction of sp³-hybridized carbons (Fsp3) is 0.125. The highest BCUT2D eigenvalue weighted by Crippen LogP contribution is 2.29. The lowest BCUT2D eigenvalue weighted by Crippen LogP contribution is -2.25. The summed E-state index contributed by atoms with van der Waals surface area (Å²) in [6.07, 6.45) is 8.91. The molecule has 0 spiro atoms. The fourth-order valence-corrected chi connectivity index (χ4v) is 3.31. The van der Waals surface area contributed by atoms with Crippen molar-refractivity contribution in [3.8, 4) is 22.3 Å². The van der Waals surface area contributed by atoms with E-state index in [9.17, 15) is 4.79 Å². The van der Waals surface area contributed by atoms with Crippen molar-refractivity contribution in [2.75, 3.05) is 13.2 Å². The van der Waals surface area contributed by atoms with Crippen LogP contribution in [0.15, 0.2) is 42.4 Å². The largest absolute Gasteiger partial charge is 0.395 e. The molecule has 0 radical (unpaired) electrons. The molecule has 0 aliphatic rings. The number of carbonyl (C=O) groups excluding carboxylic acids is 1. The number of carbonyl (C=O) groups is 1. The Morgan fingerprint density at radius 1 is 1.28 bits per heavy atom. The Kier molecular flexibility index (Phi) is 4.00. The van der Waals surface area contributed by atoms with E-state index < -0.39 is 0 Å². The van der Waals surface area contributed by atoms with Crippen LogP contribution in [0.1, 0.15) is 9.67 Å². The van der Waals surface area contributed by atoms with E-state index in [1.54, 1.807) is 35.4 Å². The van der Waals surface area contributed by atoms with E-state index in [1.165, 1.54) is 11.3 Å². The molecule has 0 bridgehead atoms. The molecule has 0 fully saturated rings. The first-order valence-corrected chi connectivity index (χ1v) is 8.45. The van der Waals surface area contributed by atoms with Crippen LogP contribution in [0.25, 0.3) is 27.9 Å². The summed E-state index contributed by atoms with van der Waals surface area (Å²) >= 11 is 1.35. The summed E-state index contributed by atoms with van der Waals surface area (Å²) in [6.45, 7) is 0.155. The molecule has 126 valence electrons. The summed E-state index contributed by atoms with van der Waals surface area (Å²) in [5.41, 5.74) is 4.30. The lowest BCUT2D eigenvalue weighted by molar-refractivity contribution is 0.0949. The Labute approximate surface area is 146 Å². The normalized spacial score (nSPS) is 11.1. The molecule has 0 saturated carbocycles. The summed E-state index contributed by atoms with van der Waals surface area (Å²) < 4.78 is 1.71. The van der Waals surface area contributed by atoms with Crippen LogP contribution in [0.3, 0.4) is 0 Å². The lowest BCUT2D eigenvalue weighted by atomic mass is 10.1. The Hall–Kier alpha value is -3.04. The number of aliphatic hydroxyl groups is 1. The first-order valence-electron chi connectivity index (χ1n) is 7.57. The maximum Gasteiger partial charge on any atom is 0.261 e. The van der Waals surface area contributed by atoms with Gasteiger partial charge in [0.25, 0.3) is 5.91 Å². The molecule has 4 aromatic rings. The van der Waals surface area contributed by atoms with Crippen molar-refractivity contribution in [3.63, 3.8) is 0 Å². The first kappa shape index (κ1) is 15.5. The second kappa shape index (κ2) is 6.46. The maximum atomic E-state index is 12.0. The van der Waals surface area contributed by atoms with Crippen molar-refractivity contribution < 1.29 is 9.90 Å². The predicted octanol–water partition coefficient (Wildman–Crippen LogP) is 1.57. The standard InChI is InChI=1S/C16H14N6O2S/c23-2-1-17-16(24)14-3-10(9-25-14)13-7-21-22-8-12(4-18-15(13)22)11-5-19-20-6-11/h3-9,23H,1-2H2,(H,17,24)(H,19,20). The van der Waals surface area contributed by atoms with Gasteiger partial charge in [0.1, 0.15) is 0 Å². The third-order valence-corrected chi connectivity index (χ3v) is 4.65. The summed E-state index contributed by atoms with van der Waals surface area (Å²) in [4.78, 5) is 17.1. The molecule has 25 heavy (non-hydrogen) atoms. The minimum Gasteiger partial charge on any atom is -0.395 e. The zero-order valence-corrected chi connectivity index (χ0v) is 13.8. The average molecular weight is 354 g/mol. The van der Waals surface area contributed by atoms with Gasteiger partial charge in [0, 0.05) is 41.8 Å². The van der Waals surface area contributed by atoms with E-state index in [-0.39, 0.29) is 19.1 Å². The highest BCUT2D eigenvalue weighted by Gasteiger charge is 2.14. The SMILES string of the molecule is O=C(NCCO)c1cc(-c2cnn3cc(-c4cn[nH]c4)cnc23)cs1. The van der Waals surface area contributed by atoms with E-state index in [0.29, 0.717) is 10.5 Å². The van der Waals surface area contributed by atoms with Gasteiger partial charge in [-0.05, 0) is 17.0 Å². The fourth-order valence-electron chi connectivity index (χ4n) is 2.49. The number of aromatic amines is 1. The van der Waals surface area contributed by atoms with E-state index in [4.69, 9.17) is 5.11 Å². The van der Waals surface area contributed by atoms with Gasteiger partial charge in [-0.2, -0.15) is 10.2 Å². The summed E-state index contributed by atoms with van der Waals surface area (Å²) in [5, 5.41) is 24.4. The zero-order chi connectivity index (χ0) is 17.2. The summed E-state index contributed by atoms with van der Waals surface area (Å²) in [7, 11) is 0. The zero-order valence-electron chi connectivity index (χ0n) is 13.0. The smallest absolute Gasteiger partial charge is 0.261 e. The summed E-state index contributed by atoms with van der Waals surface area (Å²) in [5.74, 6) is -0.197. The van der Waals surface area contributed by atoms with Gasteiger partial charge in [-0.3, -0.25) is 9.89 Å². The van der Waals surface area contributed by atoms with Crippen molar-refractivity contribution in [1.82, 2.24) is 30.1 Å². The molecule has 8 nitrogen and oxygen atoms in total. The van der Waals surface area contributed by atoms with Gasteiger partial charge >= 0.3 is 0 Å². The van der Waals surface area contributed by atoms with Gasteiger partial charge in [0.2, 0.25) is 0 Å². The maximum absolute atomic E-state index is 12.0. The predicted molar refractivity (Wildman–Crippen MR) is 93.3 cm³/mol.